The van der Waals surface area contributed by atoms with Gasteiger partial charge in [-0.1, -0.05) is 56.0 Å². The Morgan fingerprint density at radius 2 is 1.81 bits per heavy atom. The van der Waals surface area contributed by atoms with Gasteiger partial charge in [0.05, 0.1) is 13.0 Å². The number of ether oxygens (including phenoxy) is 1. The highest BCUT2D eigenvalue weighted by molar-refractivity contribution is 5.85. The molecular formula is C23H25NO2. The van der Waals surface area contributed by atoms with Crippen molar-refractivity contribution in [2.24, 2.45) is 5.92 Å². The van der Waals surface area contributed by atoms with Crippen molar-refractivity contribution in [3.8, 4) is 11.1 Å². The maximum absolute atomic E-state index is 12.3. The first-order valence-corrected chi connectivity index (χ1v) is 9.50. The minimum atomic E-state index is -0.149. The molecule has 1 N–H and O–H groups in total. The summed E-state index contributed by atoms with van der Waals surface area (Å²) in [6.07, 6.45) is 7.92. The number of nitrogens with one attached hydrogen (secondary N) is 1. The van der Waals surface area contributed by atoms with E-state index in [4.69, 9.17) is 4.74 Å². The largest absolute Gasteiger partial charge is 0.469 e. The summed E-state index contributed by atoms with van der Waals surface area (Å²) in [5.41, 5.74) is 4.57. The monoisotopic (exact) mass is 347 g/mol. The molecule has 1 saturated carbocycles. The first-order valence-electron chi connectivity index (χ1n) is 9.50. The van der Waals surface area contributed by atoms with Crippen molar-refractivity contribution in [1.29, 1.82) is 0 Å². The van der Waals surface area contributed by atoms with Crippen LogP contribution in [0, 0.1) is 5.92 Å². The summed E-state index contributed by atoms with van der Waals surface area (Å²) in [5.74, 6) is 0.387. The maximum atomic E-state index is 12.3. The van der Waals surface area contributed by atoms with E-state index in [1.54, 1.807) is 0 Å². The number of methoxy groups -OCH3 is 1. The van der Waals surface area contributed by atoms with E-state index < -0.39 is 0 Å². The highest BCUT2D eigenvalue weighted by atomic mass is 16.5. The predicted molar refractivity (Wildman–Crippen MR) is 105 cm³/mol. The van der Waals surface area contributed by atoms with Gasteiger partial charge in [-0.15, -0.1) is 0 Å². The molecule has 1 aliphatic carbocycles. The van der Waals surface area contributed by atoms with Gasteiger partial charge in [-0.05, 0) is 52.6 Å². The molecule has 2 aromatic carbocycles. The Kier molecular flexibility index (Phi) is 4.79. The number of aromatic amines is 1. The van der Waals surface area contributed by atoms with Gasteiger partial charge >= 0.3 is 5.97 Å². The molecule has 3 nitrogen and oxygen atoms in total. The Balaban J connectivity index is 1.58. The smallest absolute Gasteiger partial charge is 0.313 e. The van der Waals surface area contributed by atoms with Crippen LogP contribution in [0.4, 0.5) is 0 Å². The molecule has 1 heterocycles. The van der Waals surface area contributed by atoms with Gasteiger partial charge in [0.25, 0.3) is 0 Å². The van der Waals surface area contributed by atoms with Gasteiger partial charge in [0.1, 0.15) is 0 Å². The Morgan fingerprint density at radius 3 is 2.54 bits per heavy atom. The first kappa shape index (κ1) is 16.9. The number of carbonyl (C=O) groups is 1. The molecule has 0 spiro atoms. The van der Waals surface area contributed by atoms with Crippen LogP contribution in [0.3, 0.4) is 0 Å². The number of hydrogen-bond acceptors (Lipinski definition) is 2. The van der Waals surface area contributed by atoms with E-state index in [2.05, 4.69) is 53.5 Å². The summed E-state index contributed by atoms with van der Waals surface area (Å²) in [4.78, 5) is 15.6. The molecule has 134 valence electrons. The number of aromatic nitrogens is 1. The maximum Gasteiger partial charge on any atom is 0.313 e. The van der Waals surface area contributed by atoms with Crippen molar-refractivity contribution in [2.75, 3.05) is 7.11 Å². The number of rotatable bonds is 5. The normalized spacial score (nSPS) is 16.0. The van der Waals surface area contributed by atoms with Gasteiger partial charge in [-0.3, -0.25) is 4.79 Å². The van der Waals surface area contributed by atoms with Crippen molar-refractivity contribution in [3.63, 3.8) is 0 Å². The molecule has 0 bridgehead atoms. The molecule has 3 heteroatoms. The zero-order valence-corrected chi connectivity index (χ0v) is 15.2. The van der Waals surface area contributed by atoms with Gasteiger partial charge in [-0.25, -0.2) is 0 Å². The Labute approximate surface area is 154 Å². The van der Waals surface area contributed by atoms with Gasteiger partial charge in [0.2, 0.25) is 0 Å². The molecule has 1 aromatic heterocycles. The fourth-order valence-corrected chi connectivity index (χ4v) is 4.23. The second-order valence-corrected chi connectivity index (χ2v) is 7.36. The molecule has 0 aliphatic heterocycles. The molecule has 4 rings (SSSR count). The second kappa shape index (κ2) is 7.36. The molecule has 1 aliphatic rings. The van der Waals surface area contributed by atoms with E-state index >= 15 is 0 Å². The van der Waals surface area contributed by atoms with Gasteiger partial charge in [0.15, 0.2) is 0 Å². The average Bonchev–Trinajstić information content (AvgIpc) is 3.36. The van der Waals surface area contributed by atoms with Crippen LogP contribution < -0.4 is 0 Å². The zero-order valence-electron chi connectivity index (χ0n) is 15.2. The van der Waals surface area contributed by atoms with Crippen molar-refractivity contribution >= 4 is 16.9 Å². The van der Waals surface area contributed by atoms with Crippen LogP contribution >= 0.6 is 0 Å². The van der Waals surface area contributed by atoms with Crippen LogP contribution in [0.5, 0.6) is 0 Å². The van der Waals surface area contributed by atoms with E-state index in [1.165, 1.54) is 49.3 Å². The third kappa shape index (κ3) is 3.39. The van der Waals surface area contributed by atoms with Crippen LogP contribution in [0.25, 0.3) is 22.0 Å². The second-order valence-electron chi connectivity index (χ2n) is 7.36. The summed E-state index contributed by atoms with van der Waals surface area (Å²) in [6.45, 7) is 0. The van der Waals surface area contributed by atoms with Crippen LogP contribution in [0.2, 0.25) is 0 Å². The quantitative estimate of drug-likeness (QED) is 0.604. The fraction of sp³-hybridized carbons (Fsp3) is 0.348. The van der Waals surface area contributed by atoms with E-state index in [0.717, 1.165) is 17.5 Å². The van der Waals surface area contributed by atoms with Crippen molar-refractivity contribution in [3.05, 3.63) is 60.3 Å². The van der Waals surface area contributed by atoms with Gasteiger partial charge < -0.3 is 9.72 Å². The van der Waals surface area contributed by atoms with E-state index in [1.807, 2.05) is 6.20 Å². The molecule has 0 radical (unpaired) electrons. The van der Waals surface area contributed by atoms with Crippen molar-refractivity contribution in [1.82, 2.24) is 4.98 Å². The molecule has 1 unspecified atom stereocenters. The third-order valence-electron chi connectivity index (χ3n) is 5.73. The Hall–Kier alpha value is -2.55. The summed E-state index contributed by atoms with van der Waals surface area (Å²) >= 11 is 0. The highest BCUT2D eigenvalue weighted by Crippen LogP contribution is 2.35. The molecule has 1 fully saturated rings. The molecule has 3 aromatic rings. The van der Waals surface area contributed by atoms with Gasteiger partial charge in [-0.2, -0.15) is 0 Å². The number of fused-ring (bicyclic) bond motifs is 1. The number of hydrogen-bond donors (Lipinski definition) is 1. The van der Waals surface area contributed by atoms with Crippen LogP contribution in [0.1, 0.15) is 43.6 Å². The molecular weight excluding hydrogens is 322 g/mol. The lowest BCUT2D eigenvalue weighted by atomic mass is 9.87. The minimum absolute atomic E-state index is 0.113. The van der Waals surface area contributed by atoms with Crippen LogP contribution in [-0.4, -0.2) is 18.1 Å². The highest BCUT2D eigenvalue weighted by Gasteiger charge is 2.27. The van der Waals surface area contributed by atoms with Crippen molar-refractivity contribution < 1.29 is 9.53 Å². The Morgan fingerprint density at radius 1 is 1.08 bits per heavy atom. The standard InChI is InChI=1S/C23H25NO2/c1-26-23(25)21(14-16-4-2-3-5-16)18-8-6-17(7-9-18)19-10-11-22-20(15-19)12-13-24-22/h6-13,15-16,21,24H,2-5,14H2,1H3. The molecule has 0 saturated heterocycles. The number of esters is 1. The summed E-state index contributed by atoms with van der Waals surface area (Å²) < 4.78 is 5.09. The SMILES string of the molecule is COC(=O)C(CC1CCCC1)c1ccc(-c2ccc3[nH]ccc3c2)cc1. The minimum Gasteiger partial charge on any atom is -0.469 e. The van der Waals surface area contributed by atoms with Crippen molar-refractivity contribution in [2.45, 2.75) is 38.0 Å². The lowest BCUT2D eigenvalue weighted by Crippen LogP contribution is -2.17. The lowest BCUT2D eigenvalue weighted by Gasteiger charge is -2.19. The molecule has 0 amide bonds. The fourth-order valence-electron chi connectivity index (χ4n) is 4.23. The summed E-state index contributed by atoms with van der Waals surface area (Å²) in [6, 6.07) is 16.9. The molecule has 1 atom stereocenters. The summed E-state index contributed by atoms with van der Waals surface area (Å²) in [5, 5.41) is 1.21. The number of carbonyl (C=O) groups excluding carboxylic acids is 1. The molecule has 26 heavy (non-hydrogen) atoms. The lowest BCUT2D eigenvalue weighted by molar-refractivity contribution is -0.142. The Bertz CT molecular complexity index is 888. The zero-order chi connectivity index (χ0) is 17.9. The van der Waals surface area contributed by atoms with Crippen LogP contribution in [0.15, 0.2) is 54.7 Å². The van der Waals surface area contributed by atoms with E-state index in [9.17, 15) is 4.79 Å². The first-order chi connectivity index (χ1) is 12.7. The summed E-state index contributed by atoms with van der Waals surface area (Å²) in [7, 11) is 1.49. The van der Waals surface area contributed by atoms with E-state index in [-0.39, 0.29) is 11.9 Å². The van der Waals surface area contributed by atoms with E-state index in [0.29, 0.717) is 5.92 Å². The van der Waals surface area contributed by atoms with Crippen LogP contribution in [-0.2, 0) is 9.53 Å². The average molecular weight is 347 g/mol. The third-order valence-corrected chi connectivity index (χ3v) is 5.73. The topological polar surface area (TPSA) is 42.1 Å². The number of benzene rings is 2. The predicted octanol–water partition coefficient (Wildman–Crippen LogP) is 5.67. The van der Waals surface area contributed by atoms with Gasteiger partial charge in [0, 0.05) is 11.7 Å². The number of H-pyrrole nitrogens is 1.